The third-order valence-electron chi connectivity index (χ3n) is 2.90. The maximum Gasteiger partial charge on any atom is 0.0577 e. The standard InChI is InChI=1S/C15H16BrClN2/c16-13-5-1-11(2-6-13)15(19-10-9-18)12-3-7-14(17)8-4-12/h1-8,15,19H,9-10,18H2. The van der Waals surface area contributed by atoms with Crippen molar-refractivity contribution in [1.82, 2.24) is 5.32 Å². The van der Waals surface area contributed by atoms with Crippen molar-refractivity contribution in [3.63, 3.8) is 0 Å². The second-order valence-corrected chi connectivity index (χ2v) is 5.63. The molecule has 19 heavy (non-hydrogen) atoms. The van der Waals surface area contributed by atoms with Crippen LogP contribution in [0.2, 0.25) is 5.02 Å². The number of hydrogen-bond acceptors (Lipinski definition) is 2. The summed E-state index contributed by atoms with van der Waals surface area (Å²) in [6, 6.07) is 16.3. The summed E-state index contributed by atoms with van der Waals surface area (Å²) in [6.07, 6.45) is 0. The van der Waals surface area contributed by atoms with Crippen molar-refractivity contribution in [2.75, 3.05) is 13.1 Å². The number of benzene rings is 2. The summed E-state index contributed by atoms with van der Waals surface area (Å²) >= 11 is 9.40. The number of hydrogen-bond donors (Lipinski definition) is 2. The van der Waals surface area contributed by atoms with E-state index in [1.807, 2.05) is 36.4 Å². The summed E-state index contributed by atoms with van der Waals surface area (Å²) in [5, 5.41) is 4.20. The van der Waals surface area contributed by atoms with Gasteiger partial charge in [0, 0.05) is 22.6 Å². The lowest BCUT2D eigenvalue weighted by molar-refractivity contribution is 0.612. The van der Waals surface area contributed by atoms with Gasteiger partial charge in [-0.25, -0.2) is 0 Å². The van der Waals surface area contributed by atoms with Crippen LogP contribution >= 0.6 is 27.5 Å². The van der Waals surface area contributed by atoms with Crippen LogP contribution < -0.4 is 11.1 Å². The van der Waals surface area contributed by atoms with Crippen LogP contribution in [-0.2, 0) is 0 Å². The van der Waals surface area contributed by atoms with Crippen molar-refractivity contribution in [2.24, 2.45) is 5.73 Å². The molecule has 0 amide bonds. The number of nitrogens with one attached hydrogen (secondary N) is 1. The molecule has 0 aliphatic carbocycles. The molecule has 0 bridgehead atoms. The number of nitrogens with two attached hydrogens (primary N) is 1. The highest BCUT2D eigenvalue weighted by molar-refractivity contribution is 9.10. The second-order valence-electron chi connectivity index (χ2n) is 4.28. The van der Waals surface area contributed by atoms with E-state index in [9.17, 15) is 0 Å². The van der Waals surface area contributed by atoms with Gasteiger partial charge in [0.1, 0.15) is 0 Å². The summed E-state index contributed by atoms with van der Waals surface area (Å²) in [5.74, 6) is 0. The first-order valence-corrected chi connectivity index (χ1v) is 7.32. The molecule has 2 rings (SSSR count). The van der Waals surface area contributed by atoms with E-state index in [-0.39, 0.29) is 6.04 Å². The molecular weight excluding hydrogens is 324 g/mol. The van der Waals surface area contributed by atoms with Gasteiger partial charge in [-0.2, -0.15) is 0 Å². The molecule has 0 radical (unpaired) electrons. The molecule has 2 aromatic rings. The minimum absolute atomic E-state index is 0.133. The quantitative estimate of drug-likeness (QED) is 0.871. The molecule has 4 heteroatoms. The minimum Gasteiger partial charge on any atom is -0.329 e. The number of halogens is 2. The highest BCUT2D eigenvalue weighted by atomic mass is 79.9. The maximum atomic E-state index is 5.94. The monoisotopic (exact) mass is 338 g/mol. The van der Waals surface area contributed by atoms with E-state index in [1.54, 1.807) is 0 Å². The lowest BCUT2D eigenvalue weighted by atomic mass is 9.99. The number of rotatable bonds is 5. The molecule has 0 saturated carbocycles. The minimum atomic E-state index is 0.133. The van der Waals surface area contributed by atoms with Crippen LogP contribution in [0.4, 0.5) is 0 Å². The zero-order chi connectivity index (χ0) is 13.7. The molecular formula is C15H16BrClN2. The van der Waals surface area contributed by atoms with Gasteiger partial charge in [0.25, 0.3) is 0 Å². The van der Waals surface area contributed by atoms with Gasteiger partial charge in [0.2, 0.25) is 0 Å². The van der Waals surface area contributed by atoms with Gasteiger partial charge in [-0.15, -0.1) is 0 Å². The summed E-state index contributed by atoms with van der Waals surface area (Å²) < 4.78 is 1.07. The normalized spacial score (nSPS) is 12.4. The lowest BCUT2D eigenvalue weighted by Gasteiger charge is -2.19. The lowest BCUT2D eigenvalue weighted by Crippen LogP contribution is -2.28. The van der Waals surface area contributed by atoms with E-state index < -0.39 is 0 Å². The second kappa shape index (κ2) is 7.06. The third-order valence-corrected chi connectivity index (χ3v) is 3.68. The molecule has 0 aliphatic heterocycles. The van der Waals surface area contributed by atoms with E-state index >= 15 is 0 Å². The van der Waals surface area contributed by atoms with E-state index in [0.29, 0.717) is 6.54 Å². The van der Waals surface area contributed by atoms with Crippen molar-refractivity contribution in [3.05, 3.63) is 69.2 Å². The van der Waals surface area contributed by atoms with Gasteiger partial charge >= 0.3 is 0 Å². The van der Waals surface area contributed by atoms with E-state index in [0.717, 1.165) is 16.0 Å². The van der Waals surface area contributed by atoms with Gasteiger partial charge in [-0.05, 0) is 35.4 Å². The molecule has 3 N–H and O–H groups in total. The molecule has 0 aromatic heterocycles. The molecule has 100 valence electrons. The van der Waals surface area contributed by atoms with Crippen LogP contribution in [0.15, 0.2) is 53.0 Å². The predicted octanol–water partition coefficient (Wildman–Crippen LogP) is 3.74. The summed E-state index contributed by atoms with van der Waals surface area (Å²) in [6.45, 7) is 1.38. The van der Waals surface area contributed by atoms with Crippen LogP contribution in [-0.4, -0.2) is 13.1 Å². The zero-order valence-electron chi connectivity index (χ0n) is 10.4. The molecule has 0 heterocycles. The molecule has 0 aliphatic rings. The highest BCUT2D eigenvalue weighted by Crippen LogP contribution is 2.24. The largest absolute Gasteiger partial charge is 0.329 e. The fraction of sp³-hybridized carbons (Fsp3) is 0.200. The Morgan fingerprint density at radius 1 is 1.00 bits per heavy atom. The van der Waals surface area contributed by atoms with Crippen molar-refractivity contribution in [2.45, 2.75) is 6.04 Å². The zero-order valence-corrected chi connectivity index (χ0v) is 12.8. The smallest absolute Gasteiger partial charge is 0.0577 e. The Labute approximate surface area is 127 Å². The van der Waals surface area contributed by atoms with Crippen molar-refractivity contribution < 1.29 is 0 Å². The van der Waals surface area contributed by atoms with Crippen LogP contribution in [0.1, 0.15) is 17.2 Å². The van der Waals surface area contributed by atoms with E-state index in [4.69, 9.17) is 17.3 Å². The fourth-order valence-electron chi connectivity index (χ4n) is 1.97. The molecule has 0 saturated heterocycles. The molecule has 1 unspecified atom stereocenters. The van der Waals surface area contributed by atoms with Crippen LogP contribution in [0.3, 0.4) is 0 Å². The van der Waals surface area contributed by atoms with Crippen molar-refractivity contribution in [3.8, 4) is 0 Å². The van der Waals surface area contributed by atoms with Crippen LogP contribution in [0.25, 0.3) is 0 Å². The average Bonchev–Trinajstić information content (AvgIpc) is 2.43. The summed E-state index contributed by atoms with van der Waals surface area (Å²) in [5.41, 5.74) is 7.98. The SMILES string of the molecule is NCCNC(c1ccc(Cl)cc1)c1ccc(Br)cc1. The Kier molecular flexibility index (Phi) is 5.40. The Bertz CT molecular complexity index is 465. The van der Waals surface area contributed by atoms with Crippen molar-refractivity contribution >= 4 is 27.5 Å². The van der Waals surface area contributed by atoms with Gasteiger partial charge in [0.15, 0.2) is 0 Å². The van der Waals surface area contributed by atoms with E-state index in [2.05, 4.69) is 33.4 Å². The highest BCUT2D eigenvalue weighted by Gasteiger charge is 2.12. The first-order chi connectivity index (χ1) is 9.20. The Balaban J connectivity index is 2.29. The predicted molar refractivity (Wildman–Crippen MR) is 84.5 cm³/mol. The molecule has 2 aromatic carbocycles. The van der Waals surface area contributed by atoms with Crippen LogP contribution in [0.5, 0.6) is 0 Å². The fourth-order valence-corrected chi connectivity index (χ4v) is 2.36. The molecule has 1 atom stereocenters. The Morgan fingerprint density at radius 3 is 2.05 bits per heavy atom. The average molecular weight is 340 g/mol. The summed E-state index contributed by atoms with van der Waals surface area (Å²) in [7, 11) is 0. The Morgan fingerprint density at radius 2 is 1.53 bits per heavy atom. The summed E-state index contributed by atoms with van der Waals surface area (Å²) in [4.78, 5) is 0. The van der Waals surface area contributed by atoms with E-state index in [1.165, 1.54) is 11.1 Å². The maximum absolute atomic E-state index is 5.94. The molecule has 2 nitrogen and oxygen atoms in total. The first kappa shape index (κ1) is 14.5. The third kappa shape index (κ3) is 4.05. The van der Waals surface area contributed by atoms with Crippen LogP contribution in [0, 0.1) is 0 Å². The molecule has 0 fully saturated rings. The van der Waals surface area contributed by atoms with Gasteiger partial charge in [-0.3, -0.25) is 0 Å². The van der Waals surface area contributed by atoms with Gasteiger partial charge < -0.3 is 11.1 Å². The van der Waals surface area contributed by atoms with Gasteiger partial charge in [0.05, 0.1) is 6.04 Å². The topological polar surface area (TPSA) is 38.0 Å². The van der Waals surface area contributed by atoms with Crippen molar-refractivity contribution in [1.29, 1.82) is 0 Å². The molecule has 0 spiro atoms. The first-order valence-electron chi connectivity index (χ1n) is 6.15. The van der Waals surface area contributed by atoms with Gasteiger partial charge in [-0.1, -0.05) is 51.8 Å². The Hall–Kier alpha value is -0.870.